The number of hydrogen-bond donors (Lipinski definition) is 0. The molecule has 3 heteroatoms. The average molecular weight is 225 g/mol. The van der Waals surface area contributed by atoms with E-state index in [1.807, 2.05) is 31.2 Å². The van der Waals surface area contributed by atoms with Crippen molar-refractivity contribution in [1.82, 2.24) is 0 Å². The van der Waals surface area contributed by atoms with E-state index in [0.717, 1.165) is 22.6 Å². The molecule has 1 aliphatic rings. The second kappa shape index (κ2) is 4.58. The summed E-state index contributed by atoms with van der Waals surface area (Å²) >= 11 is 5.72. The molecular formula is C12H13ClO2. The molecule has 1 aliphatic heterocycles. The van der Waals surface area contributed by atoms with Crippen molar-refractivity contribution in [3.63, 3.8) is 0 Å². The van der Waals surface area contributed by atoms with Gasteiger partial charge in [-0.15, -0.1) is 11.6 Å². The fraction of sp³-hybridized carbons (Fsp3) is 0.333. The van der Waals surface area contributed by atoms with Gasteiger partial charge in [0.25, 0.3) is 0 Å². The first kappa shape index (κ1) is 10.4. The number of alkyl halides is 1. The molecule has 0 radical (unpaired) electrons. The fourth-order valence-corrected chi connectivity index (χ4v) is 1.55. The maximum Gasteiger partial charge on any atom is 0.161 e. The zero-order valence-corrected chi connectivity index (χ0v) is 9.38. The second-order valence-corrected chi connectivity index (χ2v) is 3.79. The molecule has 0 bridgehead atoms. The Morgan fingerprint density at radius 3 is 2.80 bits per heavy atom. The normalized spacial score (nSPS) is 15.2. The van der Waals surface area contributed by atoms with Crippen LogP contribution in [0.1, 0.15) is 12.5 Å². The van der Waals surface area contributed by atoms with Crippen LogP contribution in [0.25, 0.3) is 6.08 Å². The van der Waals surface area contributed by atoms with Gasteiger partial charge in [0.2, 0.25) is 0 Å². The fourth-order valence-electron chi connectivity index (χ4n) is 1.47. The highest BCUT2D eigenvalue weighted by atomic mass is 35.5. The van der Waals surface area contributed by atoms with Crippen LogP contribution in [0, 0.1) is 0 Å². The van der Waals surface area contributed by atoms with E-state index in [4.69, 9.17) is 21.1 Å². The molecular weight excluding hydrogens is 212 g/mol. The van der Waals surface area contributed by atoms with Gasteiger partial charge in [0.1, 0.15) is 13.2 Å². The number of hydrogen-bond acceptors (Lipinski definition) is 2. The molecule has 1 aromatic carbocycles. The van der Waals surface area contributed by atoms with Crippen LogP contribution < -0.4 is 9.47 Å². The number of rotatable bonds is 2. The van der Waals surface area contributed by atoms with Crippen LogP contribution in [-0.2, 0) is 0 Å². The van der Waals surface area contributed by atoms with Gasteiger partial charge in [-0.25, -0.2) is 0 Å². The van der Waals surface area contributed by atoms with Crippen molar-refractivity contribution < 1.29 is 9.47 Å². The molecule has 0 amide bonds. The molecule has 0 N–H and O–H groups in total. The lowest BCUT2D eigenvalue weighted by molar-refractivity contribution is 0.171. The largest absolute Gasteiger partial charge is 0.486 e. The average Bonchev–Trinajstić information content (AvgIpc) is 2.29. The Morgan fingerprint density at radius 2 is 2.07 bits per heavy atom. The van der Waals surface area contributed by atoms with Gasteiger partial charge < -0.3 is 9.47 Å². The quantitative estimate of drug-likeness (QED) is 0.719. The van der Waals surface area contributed by atoms with E-state index in [9.17, 15) is 0 Å². The number of ether oxygens (including phenoxy) is 2. The molecule has 1 heterocycles. The van der Waals surface area contributed by atoms with Crippen molar-refractivity contribution >= 4 is 17.7 Å². The standard InChI is InChI=1S/C12H13ClO2/c1-9(8-13)6-10-2-3-11-12(7-10)15-5-4-14-11/h2-3,6-7H,4-5,8H2,1H3. The summed E-state index contributed by atoms with van der Waals surface area (Å²) in [5.41, 5.74) is 2.23. The first-order chi connectivity index (χ1) is 7.29. The van der Waals surface area contributed by atoms with Crippen LogP contribution >= 0.6 is 11.6 Å². The van der Waals surface area contributed by atoms with Crippen molar-refractivity contribution in [3.05, 3.63) is 29.3 Å². The smallest absolute Gasteiger partial charge is 0.161 e. The SMILES string of the molecule is CC(=Cc1ccc2c(c1)OCCO2)CCl. The Morgan fingerprint density at radius 1 is 1.33 bits per heavy atom. The molecule has 2 rings (SSSR count). The zero-order valence-electron chi connectivity index (χ0n) is 8.63. The van der Waals surface area contributed by atoms with E-state index in [1.54, 1.807) is 0 Å². The monoisotopic (exact) mass is 224 g/mol. The molecule has 1 aromatic rings. The molecule has 0 atom stereocenters. The van der Waals surface area contributed by atoms with Crippen molar-refractivity contribution in [2.45, 2.75) is 6.92 Å². The van der Waals surface area contributed by atoms with Crippen LogP contribution in [0.5, 0.6) is 11.5 Å². The van der Waals surface area contributed by atoms with Gasteiger partial charge in [-0.2, -0.15) is 0 Å². The van der Waals surface area contributed by atoms with Gasteiger partial charge in [0, 0.05) is 5.88 Å². The van der Waals surface area contributed by atoms with Crippen LogP contribution in [0.15, 0.2) is 23.8 Å². The highest BCUT2D eigenvalue weighted by molar-refractivity contribution is 6.19. The Hall–Kier alpha value is -1.15. The number of allylic oxidation sites excluding steroid dienone is 1. The summed E-state index contributed by atoms with van der Waals surface area (Å²) in [5.74, 6) is 2.19. The van der Waals surface area contributed by atoms with Crippen molar-refractivity contribution in [1.29, 1.82) is 0 Å². The summed E-state index contributed by atoms with van der Waals surface area (Å²) in [6.07, 6.45) is 2.05. The van der Waals surface area contributed by atoms with Crippen molar-refractivity contribution in [2.75, 3.05) is 19.1 Å². The third-order valence-corrected chi connectivity index (χ3v) is 2.61. The molecule has 0 aromatic heterocycles. The summed E-state index contributed by atoms with van der Waals surface area (Å²) in [4.78, 5) is 0. The van der Waals surface area contributed by atoms with Gasteiger partial charge in [0.15, 0.2) is 11.5 Å². The van der Waals surface area contributed by atoms with Crippen molar-refractivity contribution in [3.8, 4) is 11.5 Å². The van der Waals surface area contributed by atoms with Crippen LogP contribution in [0.3, 0.4) is 0 Å². The second-order valence-electron chi connectivity index (χ2n) is 3.53. The highest BCUT2D eigenvalue weighted by Crippen LogP contribution is 2.31. The molecule has 0 aliphatic carbocycles. The molecule has 15 heavy (non-hydrogen) atoms. The molecule has 0 unspecified atom stereocenters. The molecule has 0 fully saturated rings. The minimum absolute atomic E-state index is 0.550. The van der Waals surface area contributed by atoms with E-state index in [-0.39, 0.29) is 0 Å². The van der Waals surface area contributed by atoms with E-state index in [0.29, 0.717) is 19.1 Å². The van der Waals surface area contributed by atoms with E-state index >= 15 is 0 Å². The van der Waals surface area contributed by atoms with Gasteiger partial charge in [-0.05, 0) is 24.6 Å². The number of benzene rings is 1. The van der Waals surface area contributed by atoms with Gasteiger partial charge in [-0.1, -0.05) is 17.7 Å². The minimum Gasteiger partial charge on any atom is -0.486 e. The van der Waals surface area contributed by atoms with Crippen LogP contribution in [0.4, 0.5) is 0 Å². The molecule has 0 saturated heterocycles. The van der Waals surface area contributed by atoms with Gasteiger partial charge in [0.05, 0.1) is 0 Å². The van der Waals surface area contributed by atoms with Crippen LogP contribution in [-0.4, -0.2) is 19.1 Å². The van der Waals surface area contributed by atoms with E-state index in [1.165, 1.54) is 0 Å². The number of halogens is 1. The van der Waals surface area contributed by atoms with E-state index < -0.39 is 0 Å². The highest BCUT2D eigenvalue weighted by Gasteiger charge is 2.10. The number of fused-ring (bicyclic) bond motifs is 1. The Bertz CT molecular complexity index is 385. The summed E-state index contributed by atoms with van der Waals surface area (Å²) in [5, 5.41) is 0. The molecule has 0 spiro atoms. The lowest BCUT2D eigenvalue weighted by atomic mass is 10.1. The molecule has 2 nitrogen and oxygen atoms in total. The maximum absolute atomic E-state index is 5.72. The summed E-state index contributed by atoms with van der Waals surface area (Å²) in [6, 6.07) is 5.91. The Kier molecular flexibility index (Phi) is 3.17. The molecule has 0 saturated carbocycles. The van der Waals surface area contributed by atoms with Gasteiger partial charge in [-0.3, -0.25) is 0 Å². The lowest BCUT2D eigenvalue weighted by Gasteiger charge is -2.18. The predicted octanol–water partition coefficient (Wildman–Crippen LogP) is 3.10. The topological polar surface area (TPSA) is 18.5 Å². The predicted molar refractivity (Wildman–Crippen MR) is 61.8 cm³/mol. The van der Waals surface area contributed by atoms with Crippen LogP contribution in [0.2, 0.25) is 0 Å². The molecule has 80 valence electrons. The summed E-state index contributed by atoms with van der Waals surface area (Å²) in [7, 11) is 0. The Balaban J connectivity index is 2.28. The first-order valence-electron chi connectivity index (χ1n) is 4.92. The Labute approximate surface area is 94.5 Å². The first-order valence-corrected chi connectivity index (χ1v) is 5.46. The van der Waals surface area contributed by atoms with Gasteiger partial charge >= 0.3 is 0 Å². The lowest BCUT2D eigenvalue weighted by Crippen LogP contribution is -2.15. The minimum atomic E-state index is 0.550. The maximum atomic E-state index is 5.72. The summed E-state index contributed by atoms with van der Waals surface area (Å²) < 4.78 is 10.9. The van der Waals surface area contributed by atoms with Crippen molar-refractivity contribution in [2.24, 2.45) is 0 Å². The third-order valence-electron chi connectivity index (χ3n) is 2.19. The zero-order chi connectivity index (χ0) is 10.7. The summed E-state index contributed by atoms with van der Waals surface area (Å²) in [6.45, 7) is 3.25. The third kappa shape index (κ3) is 2.45. The van der Waals surface area contributed by atoms with E-state index in [2.05, 4.69) is 0 Å².